The first-order valence-electron chi connectivity index (χ1n) is 10.1. The van der Waals surface area contributed by atoms with E-state index in [0.717, 1.165) is 27.9 Å². The molecule has 0 spiro atoms. The fourth-order valence-electron chi connectivity index (χ4n) is 3.58. The monoisotopic (exact) mass is 486 g/mol. The third-order valence-electron chi connectivity index (χ3n) is 4.67. The highest BCUT2D eigenvalue weighted by atomic mass is 32.1. The lowest BCUT2D eigenvalue weighted by atomic mass is 9.96. The number of aromatic amines is 1. The van der Waals surface area contributed by atoms with E-state index in [1.807, 2.05) is 6.92 Å². The Labute approximate surface area is 194 Å². The van der Waals surface area contributed by atoms with Gasteiger partial charge in [-0.1, -0.05) is 13.3 Å². The summed E-state index contributed by atoms with van der Waals surface area (Å²) in [6, 6.07) is 1.29. The maximum absolute atomic E-state index is 12.6. The van der Waals surface area contributed by atoms with Crippen molar-refractivity contribution in [3.05, 3.63) is 26.9 Å². The van der Waals surface area contributed by atoms with Crippen LogP contribution in [0.3, 0.4) is 0 Å². The van der Waals surface area contributed by atoms with E-state index in [-0.39, 0.29) is 4.77 Å². The molecule has 0 radical (unpaired) electrons. The van der Waals surface area contributed by atoms with Crippen LogP contribution >= 0.6 is 12.2 Å². The minimum Gasteiger partial charge on any atom is -0.467 e. The Morgan fingerprint density at radius 2 is 1.58 bits per heavy atom. The molecule has 1 aromatic rings. The summed E-state index contributed by atoms with van der Waals surface area (Å²) < 4.78 is 28.0. The third-order valence-corrected chi connectivity index (χ3v) is 4.97. The molecular weight excluding hydrogens is 460 g/mol. The summed E-state index contributed by atoms with van der Waals surface area (Å²) in [6.07, 6.45) is -6.25. The Balaban J connectivity index is 2.77. The maximum Gasteiger partial charge on any atom is 0.339 e. The van der Waals surface area contributed by atoms with Crippen molar-refractivity contribution < 1.29 is 42.9 Å². The van der Waals surface area contributed by atoms with Crippen LogP contribution in [0, 0.1) is 4.77 Å². The van der Waals surface area contributed by atoms with Crippen molar-refractivity contribution in [2.45, 2.75) is 71.2 Å². The lowest BCUT2D eigenvalue weighted by molar-refractivity contribution is -0.264. The van der Waals surface area contributed by atoms with Crippen LogP contribution in [0.4, 0.5) is 0 Å². The van der Waals surface area contributed by atoms with E-state index in [1.54, 1.807) is 0 Å². The van der Waals surface area contributed by atoms with Crippen LogP contribution < -0.4 is 5.56 Å². The van der Waals surface area contributed by atoms with Crippen molar-refractivity contribution in [3.8, 4) is 0 Å². The van der Waals surface area contributed by atoms with Crippen LogP contribution in [0.1, 0.15) is 46.0 Å². The molecule has 12 nitrogen and oxygen atoms in total. The molecular formula is C20H26N2O10S. The van der Waals surface area contributed by atoms with E-state index in [0.29, 0.717) is 18.5 Å². The van der Waals surface area contributed by atoms with E-state index in [2.05, 4.69) is 4.98 Å². The second kappa shape index (κ2) is 11.2. The number of carbonyl (C=O) groups is 4. The van der Waals surface area contributed by atoms with Gasteiger partial charge in [0.2, 0.25) is 0 Å². The van der Waals surface area contributed by atoms with Gasteiger partial charge in [-0.3, -0.25) is 28.7 Å². The van der Waals surface area contributed by atoms with Gasteiger partial charge in [-0.15, -0.1) is 0 Å². The fourth-order valence-corrected chi connectivity index (χ4v) is 3.91. The third kappa shape index (κ3) is 6.26. The molecule has 0 bridgehead atoms. The van der Waals surface area contributed by atoms with E-state index in [9.17, 15) is 24.0 Å². The number of nitrogens with one attached hydrogen (secondary N) is 1. The van der Waals surface area contributed by atoms with E-state index in [4.69, 9.17) is 35.9 Å². The highest BCUT2D eigenvalue weighted by Gasteiger charge is 2.55. The largest absolute Gasteiger partial charge is 0.467 e. The summed E-state index contributed by atoms with van der Waals surface area (Å²) in [5.74, 6) is -3.30. The first-order chi connectivity index (χ1) is 15.5. The molecule has 5 atom stereocenters. The molecule has 182 valence electrons. The first kappa shape index (κ1) is 26.2. The fraction of sp³-hybridized carbons (Fsp3) is 0.600. The number of nitrogens with zero attached hydrogens (tertiary/aromatic N) is 1. The molecule has 0 aromatic carbocycles. The summed E-state index contributed by atoms with van der Waals surface area (Å²) in [5, 5.41) is 0. The van der Waals surface area contributed by atoms with Gasteiger partial charge in [0.25, 0.3) is 5.56 Å². The average molecular weight is 486 g/mol. The normalized spacial score (nSPS) is 24.5. The van der Waals surface area contributed by atoms with Crippen LogP contribution in [0.25, 0.3) is 0 Å². The minimum absolute atomic E-state index is 0.0794. The van der Waals surface area contributed by atoms with Crippen LogP contribution in [0.15, 0.2) is 10.9 Å². The Bertz CT molecular complexity index is 1030. The molecule has 13 heteroatoms. The number of H-pyrrole nitrogens is 1. The van der Waals surface area contributed by atoms with Crippen molar-refractivity contribution in [1.29, 1.82) is 0 Å². The van der Waals surface area contributed by atoms with Gasteiger partial charge >= 0.3 is 23.9 Å². The highest BCUT2D eigenvalue weighted by Crippen LogP contribution is 2.35. The number of aryl methyl sites for hydroxylation is 1. The molecule has 1 saturated heterocycles. The van der Waals surface area contributed by atoms with Gasteiger partial charge < -0.3 is 23.7 Å². The molecule has 2 rings (SSSR count). The Kier molecular flexibility index (Phi) is 8.88. The summed E-state index contributed by atoms with van der Waals surface area (Å²) >= 11 is 5.32. The van der Waals surface area contributed by atoms with Gasteiger partial charge in [0.1, 0.15) is 0 Å². The standard InChI is InChI=1S/C20H26N2O10S/c1-6-7-12-8-13(26)21-20(33)22(12)18-16(31-11(4)25)14(29-9(2)23)15(30-10(3)24)17(32-18)19(27)28-5/h8,14-18H,6-7H2,1-5H3,(H,21,26,33). The topological polar surface area (TPSA) is 152 Å². The molecule has 1 aliphatic heterocycles. The second-order valence-electron chi connectivity index (χ2n) is 7.24. The van der Waals surface area contributed by atoms with Gasteiger partial charge in [0.15, 0.2) is 35.4 Å². The zero-order valence-electron chi connectivity index (χ0n) is 18.8. The van der Waals surface area contributed by atoms with Gasteiger partial charge in [0, 0.05) is 32.5 Å². The van der Waals surface area contributed by atoms with Crippen molar-refractivity contribution in [2.75, 3.05) is 7.11 Å². The van der Waals surface area contributed by atoms with Crippen molar-refractivity contribution in [2.24, 2.45) is 0 Å². The van der Waals surface area contributed by atoms with Crippen molar-refractivity contribution in [3.63, 3.8) is 0 Å². The van der Waals surface area contributed by atoms with E-state index < -0.39 is 60.1 Å². The molecule has 0 aliphatic carbocycles. The minimum atomic E-state index is -1.57. The second-order valence-corrected chi connectivity index (χ2v) is 7.63. The molecule has 0 saturated carbocycles. The Morgan fingerprint density at radius 3 is 2.09 bits per heavy atom. The molecule has 1 aromatic heterocycles. The quantitative estimate of drug-likeness (QED) is 0.330. The smallest absolute Gasteiger partial charge is 0.339 e. The zero-order valence-corrected chi connectivity index (χ0v) is 19.6. The molecule has 2 heterocycles. The van der Waals surface area contributed by atoms with E-state index >= 15 is 0 Å². The predicted octanol–water partition coefficient (Wildman–Crippen LogP) is 0.724. The first-order valence-corrected chi connectivity index (χ1v) is 10.5. The van der Waals surface area contributed by atoms with Gasteiger partial charge in [-0.25, -0.2) is 4.79 Å². The molecule has 1 N–H and O–H groups in total. The molecule has 5 unspecified atom stereocenters. The van der Waals surface area contributed by atoms with Crippen LogP contribution in [0.5, 0.6) is 0 Å². The predicted molar refractivity (Wildman–Crippen MR) is 112 cm³/mol. The van der Waals surface area contributed by atoms with E-state index in [1.165, 1.54) is 10.6 Å². The molecule has 1 aliphatic rings. The Hall–Kier alpha value is -3.06. The van der Waals surface area contributed by atoms with Crippen molar-refractivity contribution >= 4 is 36.1 Å². The Morgan fingerprint density at radius 1 is 1.03 bits per heavy atom. The maximum atomic E-state index is 12.6. The summed E-state index contributed by atoms with van der Waals surface area (Å²) in [7, 11) is 1.10. The number of aromatic nitrogens is 2. The lowest BCUT2D eigenvalue weighted by Gasteiger charge is -2.44. The molecule has 0 amide bonds. The summed E-state index contributed by atoms with van der Waals surface area (Å²) in [4.78, 5) is 62.7. The number of hydrogen-bond donors (Lipinski definition) is 1. The number of hydrogen-bond acceptors (Lipinski definition) is 11. The number of methoxy groups -OCH3 is 1. The number of esters is 4. The average Bonchev–Trinajstić information content (AvgIpc) is 2.69. The summed E-state index contributed by atoms with van der Waals surface area (Å²) in [6.45, 7) is 5.18. The van der Waals surface area contributed by atoms with Crippen LogP contribution in [-0.4, -0.2) is 65.0 Å². The van der Waals surface area contributed by atoms with Gasteiger partial charge in [0.05, 0.1) is 7.11 Å². The number of ether oxygens (including phenoxy) is 5. The van der Waals surface area contributed by atoms with Crippen LogP contribution in [0.2, 0.25) is 0 Å². The highest BCUT2D eigenvalue weighted by molar-refractivity contribution is 7.71. The van der Waals surface area contributed by atoms with Crippen molar-refractivity contribution in [1.82, 2.24) is 9.55 Å². The summed E-state index contributed by atoms with van der Waals surface area (Å²) in [5.41, 5.74) is -0.0390. The lowest BCUT2D eigenvalue weighted by Crippen LogP contribution is -2.61. The number of rotatable bonds is 7. The molecule has 33 heavy (non-hydrogen) atoms. The number of carbonyl (C=O) groups excluding carboxylic acids is 4. The van der Waals surface area contributed by atoms with Gasteiger partial charge in [-0.05, 0) is 18.6 Å². The molecule has 1 fully saturated rings. The van der Waals surface area contributed by atoms with Gasteiger partial charge in [-0.2, -0.15) is 0 Å². The van der Waals surface area contributed by atoms with Crippen LogP contribution in [-0.2, 0) is 49.3 Å². The SMILES string of the molecule is CCCc1cc(=O)[nH]c(=S)n1C1OC(C(=O)OC)C(OC(C)=O)C(OC(C)=O)C1OC(C)=O. The zero-order chi connectivity index (χ0) is 24.9.